The van der Waals surface area contributed by atoms with Crippen LogP contribution in [0.4, 0.5) is 0 Å². The molecule has 1 aliphatic heterocycles. The summed E-state index contributed by atoms with van der Waals surface area (Å²) >= 11 is 0. The molecule has 120 valence electrons. The van der Waals surface area contributed by atoms with E-state index >= 15 is 0 Å². The Labute approximate surface area is 136 Å². The third-order valence-corrected chi connectivity index (χ3v) is 3.68. The van der Waals surface area contributed by atoms with Gasteiger partial charge in [-0.15, -0.1) is 0 Å². The molecule has 1 aromatic rings. The third-order valence-electron chi connectivity index (χ3n) is 3.68. The predicted octanol–water partition coefficient (Wildman–Crippen LogP) is 0.181. The minimum Gasteiger partial charge on any atom is -0.370 e. The first-order valence-corrected chi connectivity index (χ1v) is 7.82. The Hall–Kier alpha value is -2.42. The van der Waals surface area contributed by atoms with Gasteiger partial charge in [0.25, 0.3) is 5.91 Å². The van der Waals surface area contributed by atoms with E-state index < -0.39 is 0 Å². The Morgan fingerprint density at radius 1 is 1.30 bits per heavy atom. The maximum Gasteiger partial charge on any atom is 0.262 e. The normalized spacial score (nSPS) is 16.2. The Kier molecular flexibility index (Phi) is 7.05. The summed E-state index contributed by atoms with van der Waals surface area (Å²) in [6.07, 6.45) is 5.13. The number of nitrogens with one attached hydrogen (secondary N) is 2. The van der Waals surface area contributed by atoms with Crippen molar-refractivity contribution in [2.45, 2.75) is 0 Å². The Morgan fingerprint density at radius 3 is 2.74 bits per heavy atom. The van der Waals surface area contributed by atoms with E-state index in [1.54, 1.807) is 12.2 Å². The highest BCUT2D eigenvalue weighted by Gasteiger charge is 2.14. The topological polar surface area (TPSA) is 66.6 Å². The molecular weight excluding hydrogens is 290 g/mol. The summed E-state index contributed by atoms with van der Waals surface area (Å²) in [6.45, 7) is 4.91. The Balaban J connectivity index is 1.79. The number of benzene rings is 1. The molecule has 0 spiro atoms. The zero-order valence-corrected chi connectivity index (χ0v) is 13.1. The number of ether oxygens (including phenoxy) is 1. The number of allylic oxidation sites excluding steroid dienone is 2. The number of rotatable bonds is 6. The average Bonchev–Trinajstić information content (AvgIpc) is 2.60. The predicted molar refractivity (Wildman–Crippen MR) is 88.6 cm³/mol. The molecule has 1 saturated heterocycles. The summed E-state index contributed by atoms with van der Waals surface area (Å²) in [5, 5.41) is 11.9. The fraction of sp³-hybridized carbons (Fsp3) is 0.333. The first-order valence-electron chi connectivity index (χ1n) is 7.82. The molecule has 0 bridgehead atoms. The molecule has 0 aliphatic carbocycles. The van der Waals surface area contributed by atoms with Crippen LogP contribution in [-0.2, 0) is 9.53 Å². The number of carbonyl (C=O) groups is 1. The summed E-state index contributed by atoms with van der Waals surface area (Å²) < 4.78 is 5.30. The average molecular weight is 312 g/mol. The highest BCUT2D eigenvalue weighted by molar-refractivity contribution is 5.97. The minimum absolute atomic E-state index is 0.120. The van der Waals surface area contributed by atoms with Crippen LogP contribution in [0.3, 0.4) is 0 Å². The molecule has 1 aromatic carbocycles. The van der Waals surface area contributed by atoms with Crippen LogP contribution in [0.2, 0.25) is 0 Å². The van der Waals surface area contributed by atoms with Crippen molar-refractivity contribution >= 4 is 12.0 Å². The van der Waals surface area contributed by atoms with Crippen molar-refractivity contribution < 1.29 is 14.4 Å². The van der Waals surface area contributed by atoms with Crippen molar-refractivity contribution in [3.63, 3.8) is 0 Å². The standard InChI is InChI=1S/C18H21N3O2/c19-15-17(8-4-7-16-5-2-1-3-6-16)18(22)20-9-10-21-11-13-23-14-12-21/h1-8H,9-14H2,(H,20,22)/p+1/b7-4+,17-8+. The molecule has 5 nitrogen and oxygen atoms in total. The van der Waals surface area contributed by atoms with E-state index in [1.165, 1.54) is 4.90 Å². The summed E-state index contributed by atoms with van der Waals surface area (Å²) in [5.41, 5.74) is 1.14. The molecule has 0 unspecified atom stereocenters. The van der Waals surface area contributed by atoms with Gasteiger partial charge in [-0.25, -0.2) is 0 Å². The van der Waals surface area contributed by atoms with Crippen LogP contribution in [0.1, 0.15) is 5.56 Å². The van der Waals surface area contributed by atoms with Crippen LogP contribution in [0.5, 0.6) is 0 Å². The molecule has 0 aromatic heterocycles. The van der Waals surface area contributed by atoms with E-state index in [0.717, 1.165) is 38.4 Å². The van der Waals surface area contributed by atoms with Crippen LogP contribution >= 0.6 is 0 Å². The molecule has 1 amide bonds. The van der Waals surface area contributed by atoms with E-state index in [9.17, 15) is 4.79 Å². The molecule has 0 saturated carbocycles. The second kappa shape index (κ2) is 9.57. The van der Waals surface area contributed by atoms with Gasteiger partial charge in [-0.3, -0.25) is 4.79 Å². The number of carbonyl (C=O) groups excluding carboxylic acids is 1. The van der Waals surface area contributed by atoms with Crippen LogP contribution in [0, 0.1) is 11.3 Å². The van der Waals surface area contributed by atoms with Gasteiger partial charge in [-0.1, -0.05) is 42.5 Å². The maximum atomic E-state index is 12.0. The van der Waals surface area contributed by atoms with Crippen LogP contribution in [-0.4, -0.2) is 45.3 Å². The van der Waals surface area contributed by atoms with Crippen molar-refractivity contribution in [1.82, 2.24) is 5.32 Å². The monoisotopic (exact) mass is 312 g/mol. The first-order chi connectivity index (χ1) is 11.3. The lowest BCUT2D eigenvalue weighted by atomic mass is 10.2. The summed E-state index contributed by atoms with van der Waals surface area (Å²) in [5.74, 6) is -0.321. The molecule has 0 radical (unpaired) electrons. The quantitative estimate of drug-likeness (QED) is 0.447. The van der Waals surface area contributed by atoms with E-state index in [-0.39, 0.29) is 11.5 Å². The van der Waals surface area contributed by atoms with Crippen LogP contribution in [0.15, 0.2) is 48.1 Å². The van der Waals surface area contributed by atoms with Gasteiger partial charge in [0.15, 0.2) is 0 Å². The zero-order chi connectivity index (χ0) is 16.3. The van der Waals surface area contributed by atoms with Crippen LogP contribution < -0.4 is 10.2 Å². The Bertz CT molecular complexity index is 596. The lowest BCUT2D eigenvalue weighted by Gasteiger charge is -2.23. The number of morpholine rings is 1. The molecule has 2 rings (SSSR count). The van der Waals surface area contributed by atoms with E-state index in [4.69, 9.17) is 10.00 Å². The second-order valence-electron chi connectivity index (χ2n) is 5.33. The zero-order valence-electron chi connectivity index (χ0n) is 13.1. The number of nitrogens with zero attached hydrogens (tertiary/aromatic N) is 1. The van der Waals surface area contributed by atoms with Gasteiger partial charge >= 0.3 is 0 Å². The van der Waals surface area contributed by atoms with Crippen molar-refractivity contribution in [2.75, 3.05) is 39.4 Å². The lowest BCUT2D eigenvalue weighted by molar-refractivity contribution is -0.906. The van der Waals surface area contributed by atoms with E-state index in [1.807, 2.05) is 42.5 Å². The maximum absolute atomic E-state index is 12.0. The van der Waals surface area contributed by atoms with Crippen molar-refractivity contribution in [1.29, 1.82) is 5.26 Å². The smallest absolute Gasteiger partial charge is 0.262 e. The molecule has 5 heteroatoms. The lowest BCUT2D eigenvalue weighted by Crippen LogP contribution is -3.14. The minimum atomic E-state index is -0.321. The van der Waals surface area contributed by atoms with Gasteiger partial charge in [0, 0.05) is 0 Å². The Morgan fingerprint density at radius 2 is 2.04 bits per heavy atom. The molecule has 2 N–H and O–H groups in total. The summed E-state index contributed by atoms with van der Waals surface area (Å²) in [7, 11) is 0. The fourth-order valence-corrected chi connectivity index (χ4v) is 2.34. The highest BCUT2D eigenvalue weighted by atomic mass is 16.5. The number of hydrogen-bond acceptors (Lipinski definition) is 3. The number of quaternary nitrogens is 1. The highest BCUT2D eigenvalue weighted by Crippen LogP contribution is 2.02. The summed E-state index contributed by atoms with van der Waals surface area (Å²) in [4.78, 5) is 13.4. The largest absolute Gasteiger partial charge is 0.370 e. The SMILES string of the molecule is N#C/C(=C\C=C\c1ccccc1)C(=O)NCC[NH+]1CCOCC1. The second-order valence-corrected chi connectivity index (χ2v) is 5.33. The molecule has 1 aliphatic rings. The summed E-state index contributed by atoms with van der Waals surface area (Å²) in [6, 6.07) is 11.7. The molecule has 0 atom stereocenters. The number of amides is 1. The fourth-order valence-electron chi connectivity index (χ4n) is 2.34. The van der Waals surface area contributed by atoms with Gasteiger partial charge in [-0.2, -0.15) is 5.26 Å². The van der Waals surface area contributed by atoms with Gasteiger partial charge in [0.2, 0.25) is 0 Å². The van der Waals surface area contributed by atoms with Gasteiger partial charge in [0.05, 0.1) is 26.3 Å². The van der Waals surface area contributed by atoms with Gasteiger partial charge in [0.1, 0.15) is 24.7 Å². The molecule has 23 heavy (non-hydrogen) atoms. The van der Waals surface area contributed by atoms with Crippen LogP contribution in [0.25, 0.3) is 6.08 Å². The number of nitriles is 1. The third kappa shape index (κ3) is 6.07. The van der Waals surface area contributed by atoms with Crippen molar-refractivity contribution in [3.8, 4) is 6.07 Å². The molecular formula is C18H22N3O2+. The van der Waals surface area contributed by atoms with Gasteiger partial charge < -0.3 is 15.0 Å². The van der Waals surface area contributed by atoms with Crippen molar-refractivity contribution in [2.24, 2.45) is 0 Å². The molecule has 1 fully saturated rings. The first kappa shape index (κ1) is 16.9. The van der Waals surface area contributed by atoms with E-state index in [0.29, 0.717) is 6.54 Å². The molecule has 1 heterocycles. The van der Waals surface area contributed by atoms with Crippen molar-refractivity contribution in [3.05, 3.63) is 53.6 Å². The van der Waals surface area contributed by atoms with E-state index in [2.05, 4.69) is 5.32 Å². The number of hydrogen-bond donors (Lipinski definition) is 2. The van der Waals surface area contributed by atoms with Gasteiger partial charge in [-0.05, 0) is 11.6 Å².